The second-order valence-corrected chi connectivity index (χ2v) is 11.1. The standard InChI is InChI=1S/C25H24ClN5OS3/c1-3-13-31-21(15-33-14-18-9-11-20(26)12-10-18)29-30-25(31)34-16-22(32)27-24-28-23(17(2)35-24)19-7-5-4-6-8-19/h3-12H,1,13-16H2,2H3,(H,27,28,32). The lowest BCUT2D eigenvalue weighted by atomic mass is 10.1. The van der Waals surface area contributed by atoms with Gasteiger partial charge < -0.3 is 9.88 Å². The summed E-state index contributed by atoms with van der Waals surface area (Å²) in [7, 11) is 0. The summed E-state index contributed by atoms with van der Waals surface area (Å²) in [5.74, 6) is 2.50. The maximum Gasteiger partial charge on any atom is 0.236 e. The number of rotatable bonds is 11. The third-order valence-electron chi connectivity index (χ3n) is 4.94. The normalized spacial score (nSPS) is 10.9. The van der Waals surface area contributed by atoms with E-state index in [0.29, 0.717) is 22.6 Å². The molecule has 0 radical (unpaired) electrons. The molecular formula is C25H24ClN5OS3. The Labute approximate surface area is 222 Å². The van der Waals surface area contributed by atoms with Crippen LogP contribution in [0.1, 0.15) is 16.3 Å². The van der Waals surface area contributed by atoms with Crippen molar-refractivity contribution >= 4 is 57.5 Å². The molecule has 1 amide bonds. The lowest BCUT2D eigenvalue weighted by Gasteiger charge is -2.08. The summed E-state index contributed by atoms with van der Waals surface area (Å²) in [6.07, 6.45) is 1.81. The van der Waals surface area contributed by atoms with E-state index >= 15 is 0 Å². The smallest absolute Gasteiger partial charge is 0.236 e. The molecule has 0 atom stereocenters. The van der Waals surface area contributed by atoms with Crippen LogP contribution in [0.5, 0.6) is 0 Å². The Balaban J connectivity index is 1.33. The molecule has 2 aromatic carbocycles. The van der Waals surface area contributed by atoms with Gasteiger partial charge in [-0.2, -0.15) is 0 Å². The summed E-state index contributed by atoms with van der Waals surface area (Å²) in [5.41, 5.74) is 3.13. The predicted octanol–water partition coefficient (Wildman–Crippen LogP) is 6.71. The average molecular weight is 542 g/mol. The molecule has 1 N–H and O–H groups in total. The zero-order valence-corrected chi connectivity index (χ0v) is 22.3. The van der Waals surface area contributed by atoms with Crippen LogP contribution >= 0.6 is 46.5 Å². The molecule has 0 bridgehead atoms. The van der Waals surface area contributed by atoms with E-state index in [9.17, 15) is 4.79 Å². The highest BCUT2D eigenvalue weighted by molar-refractivity contribution is 7.99. The molecule has 6 nitrogen and oxygen atoms in total. The molecule has 35 heavy (non-hydrogen) atoms. The Morgan fingerprint density at radius 2 is 1.91 bits per heavy atom. The molecule has 4 rings (SSSR count). The van der Waals surface area contributed by atoms with Crippen molar-refractivity contribution in [1.29, 1.82) is 0 Å². The van der Waals surface area contributed by atoms with E-state index in [0.717, 1.165) is 32.7 Å². The number of nitrogens with zero attached hydrogens (tertiary/aromatic N) is 4. The zero-order chi connectivity index (χ0) is 24.6. The van der Waals surface area contributed by atoms with Gasteiger partial charge in [-0.15, -0.1) is 39.9 Å². The van der Waals surface area contributed by atoms with Crippen molar-refractivity contribution < 1.29 is 4.79 Å². The lowest BCUT2D eigenvalue weighted by molar-refractivity contribution is -0.113. The van der Waals surface area contributed by atoms with Crippen LogP contribution in [0, 0.1) is 6.92 Å². The molecule has 2 aromatic heterocycles. The van der Waals surface area contributed by atoms with Gasteiger partial charge in [-0.3, -0.25) is 4.79 Å². The Hall–Kier alpha value is -2.59. The Kier molecular flexibility index (Phi) is 9.03. The van der Waals surface area contributed by atoms with Crippen LogP contribution in [0.3, 0.4) is 0 Å². The maximum absolute atomic E-state index is 12.6. The number of hydrogen-bond acceptors (Lipinski definition) is 7. The van der Waals surface area contributed by atoms with Crippen molar-refractivity contribution in [2.75, 3.05) is 11.1 Å². The number of allylic oxidation sites excluding steroid dienone is 1. The largest absolute Gasteiger partial charge is 0.301 e. The summed E-state index contributed by atoms with van der Waals surface area (Å²) in [6.45, 7) is 6.44. The number of hydrogen-bond donors (Lipinski definition) is 1. The van der Waals surface area contributed by atoms with Gasteiger partial charge in [0.2, 0.25) is 5.91 Å². The van der Waals surface area contributed by atoms with E-state index < -0.39 is 0 Å². The molecular weight excluding hydrogens is 518 g/mol. The fourth-order valence-corrected chi connectivity index (χ4v) is 5.96. The fraction of sp³-hybridized carbons (Fsp3) is 0.200. The molecule has 0 aliphatic rings. The summed E-state index contributed by atoms with van der Waals surface area (Å²) in [6, 6.07) is 17.8. The zero-order valence-electron chi connectivity index (χ0n) is 19.1. The highest BCUT2D eigenvalue weighted by atomic mass is 35.5. The first-order valence-electron chi connectivity index (χ1n) is 10.8. The molecule has 180 valence electrons. The van der Waals surface area contributed by atoms with Crippen LogP contribution in [-0.2, 0) is 22.8 Å². The fourth-order valence-electron chi connectivity index (χ4n) is 3.28. The van der Waals surface area contributed by atoms with Crippen molar-refractivity contribution in [3.05, 3.63) is 88.5 Å². The topological polar surface area (TPSA) is 72.7 Å². The van der Waals surface area contributed by atoms with Gasteiger partial charge in [0.15, 0.2) is 10.3 Å². The van der Waals surface area contributed by atoms with Gasteiger partial charge in [-0.05, 0) is 24.6 Å². The molecule has 2 heterocycles. The van der Waals surface area contributed by atoms with Crippen molar-refractivity contribution in [1.82, 2.24) is 19.7 Å². The van der Waals surface area contributed by atoms with Gasteiger partial charge in [0.05, 0.1) is 17.2 Å². The van der Waals surface area contributed by atoms with E-state index in [1.54, 1.807) is 11.8 Å². The summed E-state index contributed by atoms with van der Waals surface area (Å²) in [4.78, 5) is 18.3. The van der Waals surface area contributed by atoms with Gasteiger partial charge in [-0.25, -0.2) is 4.98 Å². The number of carbonyl (C=O) groups excluding carboxylic acids is 1. The van der Waals surface area contributed by atoms with E-state index in [4.69, 9.17) is 11.6 Å². The van der Waals surface area contributed by atoms with E-state index in [1.807, 2.05) is 72.2 Å². The van der Waals surface area contributed by atoms with Gasteiger partial charge in [0.25, 0.3) is 0 Å². The number of carbonyl (C=O) groups is 1. The Morgan fingerprint density at radius 3 is 2.66 bits per heavy atom. The predicted molar refractivity (Wildman–Crippen MR) is 148 cm³/mol. The number of aromatic nitrogens is 4. The number of halogens is 1. The first kappa shape index (κ1) is 25.5. The molecule has 0 aliphatic heterocycles. The number of anilines is 1. The summed E-state index contributed by atoms with van der Waals surface area (Å²) in [5, 5.41) is 13.6. The van der Waals surface area contributed by atoms with Crippen molar-refractivity contribution in [3.8, 4) is 11.3 Å². The number of thioether (sulfide) groups is 2. The molecule has 0 aliphatic carbocycles. The minimum atomic E-state index is -0.129. The van der Waals surface area contributed by atoms with E-state index in [2.05, 4.69) is 27.1 Å². The van der Waals surface area contributed by atoms with Crippen LogP contribution in [-0.4, -0.2) is 31.4 Å². The number of amides is 1. The quantitative estimate of drug-likeness (QED) is 0.168. The van der Waals surface area contributed by atoms with Gasteiger partial charge in [0, 0.05) is 27.8 Å². The monoisotopic (exact) mass is 541 g/mol. The van der Waals surface area contributed by atoms with Crippen molar-refractivity contribution in [2.45, 2.75) is 30.1 Å². The van der Waals surface area contributed by atoms with Crippen LogP contribution in [0.4, 0.5) is 5.13 Å². The Bertz CT molecular complexity index is 1290. The minimum Gasteiger partial charge on any atom is -0.301 e. The number of nitrogens with one attached hydrogen (secondary N) is 1. The van der Waals surface area contributed by atoms with Gasteiger partial charge >= 0.3 is 0 Å². The molecule has 0 spiro atoms. The van der Waals surface area contributed by atoms with Crippen molar-refractivity contribution in [3.63, 3.8) is 0 Å². The molecule has 0 saturated carbocycles. The molecule has 4 aromatic rings. The first-order chi connectivity index (χ1) is 17.0. The maximum atomic E-state index is 12.6. The Morgan fingerprint density at radius 1 is 1.14 bits per heavy atom. The van der Waals surface area contributed by atoms with E-state index in [-0.39, 0.29) is 11.7 Å². The minimum absolute atomic E-state index is 0.129. The van der Waals surface area contributed by atoms with E-state index in [1.165, 1.54) is 28.7 Å². The lowest BCUT2D eigenvalue weighted by Crippen LogP contribution is -2.14. The van der Waals surface area contributed by atoms with Gasteiger partial charge in [-0.1, -0.05) is 71.9 Å². The number of benzene rings is 2. The van der Waals surface area contributed by atoms with Crippen LogP contribution in [0.2, 0.25) is 5.02 Å². The van der Waals surface area contributed by atoms with Gasteiger partial charge in [0.1, 0.15) is 5.82 Å². The van der Waals surface area contributed by atoms with Crippen LogP contribution in [0.25, 0.3) is 11.3 Å². The SMILES string of the molecule is C=CCn1c(CSCc2ccc(Cl)cc2)nnc1SCC(=O)Nc1nc(-c2ccccc2)c(C)s1. The van der Waals surface area contributed by atoms with Crippen molar-refractivity contribution in [2.24, 2.45) is 0 Å². The van der Waals surface area contributed by atoms with Crippen LogP contribution < -0.4 is 5.32 Å². The second-order valence-electron chi connectivity index (χ2n) is 7.54. The molecule has 0 unspecified atom stereocenters. The average Bonchev–Trinajstić information content (AvgIpc) is 3.42. The summed E-state index contributed by atoms with van der Waals surface area (Å²) >= 11 is 10.5. The highest BCUT2D eigenvalue weighted by Crippen LogP contribution is 2.30. The second kappa shape index (κ2) is 12.4. The third-order valence-corrected chi connectivity index (χ3v) is 8.05. The first-order valence-corrected chi connectivity index (χ1v) is 14.2. The molecule has 0 fully saturated rings. The molecule has 0 saturated heterocycles. The highest BCUT2D eigenvalue weighted by Gasteiger charge is 2.16. The number of aryl methyl sites for hydroxylation is 1. The summed E-state index contributed by atoms with van der Waals surface area (Å²) < 4.78 is 2.00. The number of thiazole rings is 1. The molecule has 10 heteroatoms. The third kappa shape index (κ3) is 6.98. The van der Waals surface area contributed by atoms with Crippen LogP contribution in [0.15, 0.2) is 72.4 Å².